The van der Waals surface area contributed by atoms with E-state index in [4.69, 9.17) is 11.5 Å². The molecule has 1 aliphatic rings. The second-order valence-electron chi connectivity index (χ2n) is 7.63. The number of carboxylic acids is 1. The fourth-order valence-corrected chi connectivity index (χ4v) is 3.66. The number of nitrogens with two attached hydrogens (primary N) is 2. The highest BCUT2D eigenvalue weighted by Crippen LogP contribution is 2.08. The quantitative estimate of drug-likeness (QED) is 0.126. The van der Waals surface area contributed by atoms with Gasteiger partial charge in [0.05, 0.1) is 12.5 Å². The number of hydrogen-bond donors (Lipinski definition) is 7. The van der Waals surface area contributed by atoms with Crippen LogP contribution in [0.25, 0.3) is 0 Å². The first-order valence-electron chi connectivity index (χ1n) is 10.5. The fraction of sp³-hybridized carbons (Fsp3) is 0.684. The maximum atomic E-state index is 12.9. The van der Waals surface area contributed by atoms with E-state index >= 15 is 0 Å². The Morgan fingerprint density at radius 1 is 0.970 bits per heavy atom. The zero-order chi connectivity index (χ0) is 25.0. The van der Waals surface area contributed by atoms with Crippen molar-refractivity contribution in [3.8, 4) is 0 Å². The van der Waals surface area contributed by atoms with Crippen molar-refractivity contribution in [2.24, 2.45) is 11.5 Å². The van der Waals surface area contributed by atoms with Gasteiger partial charge in [0.2, 0.25) is 29.5 Å². The van der Waals surface area contributed by atoms with Gasteiger partial charge in [0.15, 0.2) is 0 Å². The molecule has 0 aromatic rings. The molecule has 5 amide bonds. The Bertz CT molecular complexity index is 744. The Hall–Kier alpha value is -2.87. The molecule has 1 aliphatic heterocycles. The van der Waals surface area contributed by atoms with Crippen molar-refractivity contribution in [1.82, 2.24) is 21.3 Å². The zero-order valence-corrected chi connectivity index (χ0v) is 19.2. The van der Waals surface area contributed by atoms with Gasteiger partial charge >= 0.3 is 5.97 Å². The van der Waals surface area contributed by atoms with E-state index in [1.807, 2.05) is 6.26 Å². The molecule has 1 fully saturated rings. The number of hydrogen-bond acceptors (Lipinski definition) is 8. The molecule has 0 bridgehead atoms. The second-order valence-corrected chi connectivity index (χ2v) is 8.61. The summed E-state index contributed by atoms with van der Waals surface area (Å²) in [5.41, 5.74) is 10.2. The van der Waals surface area contributed by atoms with Gasteiger partial charge in [0.25, 0.3) is 0 Å². The summed E-state index contributed by atoms with van der Waals surface area (Å²) in [5, 5.41) is 19.5. The number of thioether (sulfide) groups is 1. The summed E-state index contributed by atoms with van der Waals surface area (Å²) in [6.07, 6.45) is 2.42. The molecule has 0 saturated carbocycles. The number of aliphatic carboxylic acids is 1. The van der Waals surface area contributed by atoms with Gasteiger partial charge in [-0.2, -0.15) is 11.8 Å². The third kappa shape index (κ3) is 10.5. The molecular weight excluding hydrogens is 456 g/mol. The highest BCUT2D eigenvalue weighted by atomic mass is 32.2. The number of amides is 5. The van der Waals surface area contributed by atoms with E-state index in [-0.39, 0.29) is 25.2 Å². The van der Waals surface area contributed by atoms with Crippen molar-refractivity contribution in [3.05, 3.63) is 0 Å². The van der Waals surface area contributed by atoms with E-state index in [1.54, 1.807) is 0 Å². The van der Waals surface area contributed by atoms with Crippen molar-refractivity contribution in [3.63, 3.8) is 0 Å². The lowest BCUT2D eigenvalue weighted by molar-refractivity contribution is -0.142. The average Bonchev–Trinajstić information content (AvgIpc) is 3.27. The maximum absolute atomic E-state index is 12.9. The van der Waals surface area contributed by atoms with Crippen molar-refractivity contribution in [2.75, 3.05) is 18.6 Å². The smallest absolute Gasteiger partial charge is 0.326 e. The van der Waals surface area contributed by atoms with Gasteiger partial charge in [-0.1, -0.05) is 0 Å². The van der Waals surface area contributed by atoms with Gasteiger partial charge in [-0.05, 0) is 44.2 Å². The normalized spacial score (nSPS) is 17.9. The average molecular weight is 489 g/mol. The molecule has 4 unspecified atom stereocenters. The minimum atomic E-state index is -1.47. The molecule has 4 atom stereocenters. The van der Waals surface area contributed by atoms with Crippen molar-refractivity contribution >= 4 is 47.3 Å². The predicted molar refractivity (Wildman–Crippen MR) is 120 cm³/mol. The largest absolute Gasteiger partial charge is 0.480 e. The second kappa shape index (κ2) is 14.3. The van der Waals surface area contributed by atoms with E-state index < -0.39 is 60.2 Å². The summed E-state index contributed by atoms with van der Waals surface area (Å²) in [7, 11) is 0. The van der Waals surface area contributed by atoms with Gasteiger partial charge in [0.1, 0.15) is 18.1 Å². The maximum Gasteiger partial charge on any atom is 0.326 e. The van der Waals surface area contributed by atoms with Crippen LogP contribution in [0.15, 0.2) is 0 Å². The van der Waals surface area contributed by atoms with Gasteiger partial charge in [-0.15, -0.1) is 0 Å². The Balaban J connectivity index is 2.89. The number of rotatable bonds is 15. The van der Waals surface area contributed by atoms with Crippen molar-refractivity contribution < 1.29 is 33.9 Å². The highest BCUT2D eigenvalue weighted by Gasteiger charge is 2.32. The molecule has 13 nitrogen and oxygen atoms in total. The Kier molecular flexibility index (Phi) is 12.2. The summed E-state index contributed by atoms with van der Waals surface area (Å²) in [6, 6.07) is -4.32. The number of carbonyl (C=O) groups excluding carboxylic acids is 5. The van der Waals surface area contributed by atoms with Crippen LogP contribution in [-0.4, -0.2) is 83.3 Å². The van der Waals surface area contributed by atoms with Crippen molar-refractivity contribution in [2.45, 2.75) is 62.7 Å². The summed E-state index contributed by atoms with van der Waals surface area (Å²) < 4.78 is 0. The third-order valence-corrected chi connectivity index (χ3v) is 5.60. The summed E-state index contributed by atoms with van der Waals surface area (Å²) >= 11 is 1.46. The minimum absolute atomic E-state index is 0.269. The summed E-state index contributed by atoms with van der Waals surface area (Å²) in [5.74, 6) is -4.55. The molecule has 9 N–H and O–H groups in total. The summed E-state index contributed by atoms with van der Waals surface area (Å²) in [6.45, 7) is 0.696. The molecule has 0 aromatic heterocycles. The van der Waals surface area contributed by atoms with E-state index in [1.165, 1.54) is 11.8 Å². The van der Waals surface area contributed by atoms with E-state index in [9.17, 15) is 33.9 Å². The fourth-order valence-electron chi connectivity index (χ4n) is 3.18. The lowest BCUT2D eigenvalue weighted by atomic mass is 10.1. The number of carbonyl (C=O) groups is 6. The standard InChI is InChI=1S/C19H32N6O7S/c1-33-8-6-11(23-16(28)10-3-2-7-22-10)17(29)25-13(9-15(21)27)18(30)24-12(19(31)32)4-5-14(20)26/h10-13,22H,2-9H2,1H3,(H2,20,26)(H2,21,27)(H,23,28)(H,24,30)(H,25,29)(H,31,32). The molecular formula is C19H32N6O7S. The highest BCUT2D eigenvalue weighted by molar-refractivity contribution is 7.98. The molecule has 33 heavy (non-hydrogen) atoms. The Labute approximate surface area is 195 Å². The lowest BCUT2D eigenvalue weighted by Crippen LogP contribution is -2.57. The van der Waals surface area contributed by atoms with Crippen molar-refractivity contribution in [1.29, 1.82) is 0 Å². The molecule has 186 valence electrons. The molecule has 1 rings (SSSR count). The monoisotopic (exact) mass is 488 g/mol. The topological polar surface area (TPSA) is 223 Å². The molecule has 1 saturated heterocycles. The number of nitrogens with one attached hydrogen (secondary N) is 4. The van der Waals surface area contributed by atoms with Gasteiger partial charge in [-0.25, -0.2) is 4.79 Å². The van der Waals surface area contributed by atoms with Gasteiger partial charge in [-0.3, -0.25) is 24.0 Å². The van der Waals surface area contributed by atoms with Crippen LogP contribution < -0.4 is 32.7 Å². The number of primary amides is 2. The van der Waals surface area contributed by atoms with Crippen LogP contribution in [0.3, 0.4) is 0 Å². The van der Waals surface area contributed by atoms with E-state index in [0.29, 0.717) is 18.7 Å². The van der Waals surface area contributed by atoms with Crippen LogP contribution in [0.1, 0.15) is 38.5 Å². The van der Waals surface area contributed by atoms with Crippen LogP contribution in [0, 0.1) is 0 Å². The lowest BCUT2D eigenvalue weighted by Gasteiger charge is -2.24. The van der Waals surface area contributed by atoms with Crippen LogP contribution in [-0.2, 0) is 28.8 Å². The molecule has 0 spiro atoms. The zero-order valence-electron chi connectivity index (χ0n) is 18.4. The van der Waals surface area contributed by atoms with Crippen LogP contribution >= 0.6 is 11.8 Å². The first-order chi connectivity index (χ1) is 15.5. The molecule has 0 aliphatic carbocycles. The first kappa shape index (κ1) is 28.2. The third-order valence-electron chi connectivity index (χ3n) is 4.95. The molecule has 14 heteroatoms. The summed E-state index contributed by atoms with van der Waals surface area (Å²) in [4.78, 5) is 71.7. The minimum Gasteiger partial charge on any atom is -0.480 e. The SMILES string of the molecule is CSCCC(NC(=O)C1CCCN1)C(=O)NC(CC(N)=O)C(=O)NC(CCC(N)=O)C(=O)O. The number of carboxylic acid groups (broad SMARTS) is 1. The van der Waals surface area contributed by atoms with Gasteiger partial charge < -0.3 is 37.8 Å². The van der Waals surface area contributed by atoms with E-state index in [2.05, 4.69) is 21.3 Å². The molecule has 0 aromatic carbocycles. The van der Waals surface area contributed by atoms with E-state index in [0.717, 1.165) is 6.42 Å². The van der Waals surface area contributed by atoms with Crippen LogP contribution in [0.2, 0.25) is 0 Å². The Morgan fingerprint density at radius 3 is 2.12 bits per heavy atom. The Morgan fingerprint density at radius 2 is 1.61 bits per heavy atom. The predicted octanol–water partition coefficient (Wildman–Crippen LogP) is -2.83. The first-order valence-corrected chi connectivity index (χ1v) is 11.9. The molecule has 0 radical (unpaired) electrons. The van der Waals surface area contributed by atoms with Crippen LogP contribution in [0.4, 0.5) is 0 Å². The van der Waals surface area contributed by atoms with Gasteiger partial charge in [0, 0.05) is 6.42 Å². The molecule has 1 heterocycles. The van der Waals surface area contributed by atoms with Crippen LogP contribution in [0.5, 0.6) is 0 Å².